The van der Waals surface area contributed by atoms with Gasteiger partial charge < -0.3 is 9.84 Å². The Labute approximate surface area is 122 Å². The Hall–Kier alpha value is -1.88. The highest BCUT2D eigenvalue weighted by Gasteiger charge is 2.08. The van der Waals surface area contributed by atoms with Gasteiger partial charge in [-0.25, -0.2) is 4.98 Å². The van der Waals surface area contributed by atoms with Gasteiger partial charge in [-0.05, 0) is 26.0 Å². The van der Waals surface area contributed by atoms with Crippen LogP contribution in [0.3, 0.4) is 0 Å². The summed E-state index contributed by atoms with van der Waals surface area (Å²) in [4.78, 5) is 15.0. The van der Waals surface area contributed by atoms with Crippen molar-refractivity contribution in [1.82, 2.24) is 4.98 Å². The van der Waals surface area contributed by atoms with Gasteiger partial charge in [0, 0.05) is 17.4 Å². The van der Waals surface area contributed by atoms with E-state index in [9.17, 15) is 4.79 Å². The van der Waals surface area contributed by atoms with Crippen molar-refractivity contribution in [1.29, 1.82) is 0 Å². The van der Waals surface area contributed by atoms with Crippen LogP contribution in [-0.4, -0.2) is 22.2 Å². The third-order valence-corrected chi connectivity index (χ3v) is 3.54. The van der Waals surface area contributed by atoms with Crippen LogP contribution >= 0.6 is 11.3 Å². The van der Waals surface area contributed by atoms with Crippen LogP contribution in [0, 0.1) is 0 Å². The molecule has 20 heavy (non-hydrogen) atoms. The zero-order valence-electron chi connectivity index (χ0n) is 11.5. The lowest BCUT2D eigenvalue weighted by Crippen LogP contribution is -2.05. The number of carbonyl (C=O) groups is 1. The highest BCUT2D eigenvalue weighted by Crippen LogP contribution is 2.27. The normalized spacial score (nSPS) is 10.8. The minimum absolute atomic E-state index is 0.111. The predicted molar refractivity (Wildman–Crippen MR) is 79.3 cm³/mol. The molecule has 1 aromatic carbocycles. The van der Waals surface area contributed by atoms with Crippen molar-refractivity contribution in [2.75, 3.05) is 0 Å². The molecule has 0 amide bonds. The highest BCUT2D eigenvalue weighted by atomic mass is 32.1. The second-order valence-electron chi connectivity index (χ2n) is 4.73. The Balaban J connectivity index is 2.13. The van der Waals surface area contributed by atoms with Crippen molar-refractivity contribution in [3.8, 4) is 16.3 Å². The molecule has 0 saturated carbocycles. The molecule has 2 aromatic rings. The minimum Gasteiger partial charge on any atom is -0.491 e. The van der Waals surface area contributed by atoms with Gasteiger partial charge in [0.05, 0.1) is 18.2 Å². The van der Waals surface area contributed by atoms with Gasteiger partial charge in [-0.1, -0.05) is 12.1 Å². The number of aliphatic carboxylic acids is 1. The molecule has 0 unspecified atom stereocenters. The molecule has 0 radical (unpaired) electrons. The topological polar surface area (TPSA) is 59.4 Å². The SMILES string of the molecule is CC(C)Oc1cccc(-c2nc(CCC(=O)O)cs2)c1. The van der Waals surface area contributed by atoms with Gasteiger partial charge in [0.15, 0.2) is 0 Å². The van der Waals surface area contributed by atoms with E-state index in [1.807, 2.05) is 43.5 Å². The molecular weight excluding hydrogens is 274 g/mol. The second kappa shape index (κ2) is 6.52. The smallest absolute Gasteiger partial charge is 0.303 e. The van der Waals surface area contributed by atoms with Crippen LogP contribution in [0.25, 0.3) is 10.6 Å². The van der Waals surface area contributed by atoms with Crippen molar-refractivity contribution >= 4 is 17.3 Å². The van der Waals surface area contributed by atoms with Gasteiger partial charge in [0.25, 0.3) is 0 Å². The maximum Gasteiger partial charge on any atom is 0.303 e. The predicted octanol–water partition coefficient (Wildman–Crippen LogP) is 3.61. The Morgan fingerprint density at radius 2 is 2.25 bits per heavy atom. The van der Waals surface area contributed by atoms with Gasteiger partial charge >= 0.3 is 5.97 Å². The van der Waals surface area contributed by atoms with Gasteiger partial charge in [-0.3, -0.25) is 4.79 Å². The first-order valence-corrected chi connectivity index (χ1v) is 7.36. The second-order valence-corrected chi connectivity index (χ2v) is 5.59. The lowest BCUT2D eigenvalue weighted by Gasteiger charge is -2.09. The molecule has 0 spiro atoms. The maximum atomic E-state index is 10.6. The number of hydrogen-bond donors (Lipinski definition) is 1. The number of aromatic nitrogens is 1. The van der Waals surface area contributed by atoms with Crippen molar-refractivity contribution < 1.29 is 14.6 Å². The summed E-state index contributed by atoms with van der Waals surface area (Å²) >= 11 is 1.52. The van der Waals surface area contributed by atoms with Crippen molar-refractivity contribution in [2.24, 2.45) is 0 Å². The lowest BCUT2D eigenvalue weighted by molar-refractivity contribution is -0.136. The number of nitrogens with zero attached hydrogens (tertiary/aromatic N) is 1. The number of hydrogen-bond acceptors (Lipinski definition) is 4. The summed E-state index contributed by atoms with van der Waals surface area (Å²) in [6.45, 7) is 3.97. The van der Waals surface area contributed by atoms with E-state index in [0.29, 0.717) is 6.42 Å². The van der Waals surface area contributed by atoms with Gasteiger partial charge in [-0.15, -0.1) is 11.3 Å². The largest absolute Gasteiger partial charge is 0.491 e. The number of ether oxygens (including phenoxy) is 1. The van der Waals surface area contributed by atoms with E-state index in [4.69, 9.17) is 9.84 Å². The maximum absolute atomic E-state index is 10.6. The minimum atomic E-state index is -0.799. The summed E-state index contributed by atoms with van der Waals surface area (Å²) in [5, 5.41) is 11.5. The van der Waals surface area contributed by atoms with Crippen molar-refractivity contribution in [3.05, 3.63) is 35.3 Å². The zero-order valence-corrected chi connectivity index (χ0v) is 12.3. The quantitative estimate of drug-likeness (QED) is 0.883. The summed E-state index contributed by atoms with van der Waals surface area (Å²) in [6.07, 6.45) is 0.709. The van der Waals surface area contributed by atoms with Crippen LogP contribution < -0.4 is 4.74 Å². The Morgan fingerprint density at radius 1 is 1.45 bits per heavy atom. The van der Waals surface area contributed by atoms with Crippen LogP contribution in [-0.2, 0) is 11.2 Å². The van der Waals surface area contributed by atoms with E-state index < -0.39 is 5.97 Å². The molecule has 4 nitrogen and oxygen atoms in total. The molecule has 0 aliphatic carbocycles. The molecule has 0 aliphatic rings. The van der Waals surface area contributed by atoms with Crippen molar-refractivity contribution in [2.45, 2.75) is 32.8 Å². The highest BCUT2D eigenvalue weighted by molar-refractivity contribution is 7.13. The Morgan fingerprint density at radius 3 is 2.95 bits per heavy atom. The fraction of sp³-hybridized carbons (Fsp3) is 0.333. The fourth-order valence-corrected chi connectivity index (χ4v) is 2.62. The number of thiazole rings is 1. The van der Waals surface area contributed by atoms with Crippen LogP contribution in [0.5, 0.6) is 5.75 Å². The average Bonchev–Trinajstić information content (AvgIpc) is 2.84. The summed E-state index contributed by atoms with van der Waals surface area (Å²) < 4.78 is 5.66. The first-order chi connectivity index (χ1) is 9.54. The molecule has 0 atom stereocenters. The van der Waals surface area contributed by atoms with Crippen LogP contribution in [0.4, 0.5) is 0 Å². The molecule has 0 bridgehead atoms. The van der Waals surface area contributed by atoms with E-state index in [-0.39, 0.29) is 12.5 Å². The van der Waals surface area contributed by atoms with Crippen LogP contribution in [0.1, 0.15) is 26.0 Å². The molecule has 106 valence electrons. The molecule has 0 saturated heterocycles. The molecule has 2 rings (SSSR count). The number of carboxylic acid groups (broad SMARTS) is 1. The summed E-state index contributed by atoms with van der Waals surface area (Å²) in [5.41, 5.74) is 1.82. The fourth-order valence-electron chi connectivity index (χ4n) is 1.76. The number of rotatable bonds is 6. The Kier molecular flexibility index (Phi) is 4.74. The third kappa shape index (κ3) is 4.06. The molecule has 0 fully saturated rings. The van der Waals surface area contributed by atoms with E-state index >= 15 is 0 Å². The average molecular weight is 291 g/mol. The van der Waals surface area contributed by atoms with E-state index in [1.165, 1.54) is 11.3 Å². The standard InChI is InChI=1S/C15H17NO3S/c1-10(2)19-13-5-3-4-11(8-13)15-16-12(9-20-15)6-7-14(17)18/h3-5,8-10H,6-7H2,1-2H3,(H,17,18). The van der Waals surface area contributed by atoms with E-state index in [2.05, 4.69) is 4.98 Å². The monoisotopic (exact) mass is 291 g/mol. The summed E-state index contributed by atoms with van der Waals surface area (Å²) in [6, 6.07) is 7.79. The van der Waals surface area contributed by atoms with Gasteiger partial charge in [-0.2, -0.15) is 0 Å². The van der Waals surface area contributed by atoms with Gasteiger partial charge in [0.2, 0.25) is 0 Å². The number of benzene rings is 1. The van der Waals surface area contributed by atoms with Crippen LogP contribution in [0.15, 0.2) is 29.6 Å². The summed E-state index contributed by atoms with van der Waals surface area (Å²) in [5.74, 6) is 0.0201. The van der Waals surface area contributed by atoms with E-state index in [1.54, 1.807) is 0 Å². The van der Waals surface area contributed by atoms with Gasteiger partial charge in [0.1, 0.15) is 10.8 Å². The third-order valence-electron chi connectivity index (χ3n) is 2.60. The molecule has 5 heteroatoms. The molecule has 1 N–H and O–H groups in total. The lowest BCUT2D eigenvalue weighted by atomic mass is 10.2. The molecule has 1 heterocycles. The molecule has 0 aliphatic heterocycles. The molecular formula is C15H17NO3S. The molecule has 1 aromatic heterocycles. The van der Waals surface area contributed by atoms with E-state index in [0.717, 1.165) is 22.0 Å². The zero-order chi connectivity index (χ0) is 14.5. The van der Waals surface area contributed by atoms with Crippen LogP contribution in [0.2, 0.25) is 0 Å². The first kappa shape index (κ1) is 14.5. The number of carboxylic acids is 1. The first-order valence-electron chi connectivity index (χ1n) is 6.48. The summed E-state index contributed by atoms with van der Waals surface area (Å²) in [7, 11) is 0. The number of aryl methyl sites for hydroxylation is 1. The Bertz CT molecular complexity index is 592. The van der Waals surface area contributed by atoms with Crippen molar-refractivity contribution in [3.63, 3.8) is 0 Å².